The number of carbonyl (C=O) groups excluding carboxylic acids is 2. The van der Waals surface area contributed by atoms with E-state index in [1.54, 1.807) is 25.1 Å². The molecule has 190 valence electrons. The van der Waals surface area contributed by atoms with Crippen LogP contribution in [-0.2, 0) is 32.6 Å². The van der Waals surface area contributed by atoms with E-state index < -0.39 is 28.5 Å². The van der Waals surface area contributed by atoms with Gasteiger partial charge in [0.25, 0.3) is 0 Å². The number of rotatable bonds is 10. The van der Waals surface area contributed by atoms with Crippen molar-refractivity contribution in [2.75, 3.05) is 24.2 Å². The molecule has 1 unspecified atom stereocenters. The fourth-order valence-electron chi connectivity index (χ4n) is 4.13. The predicted octanol–water partition coefficient (Wildman–Crippen LogP) is 3.46. The molecule has 3 aromatic rings. The van der Waals surface area contributed by atoms with Crippen molar-refractivity contribution in [1.82, 2.24) is 10.2 Å². The molecule has 1 N–H and O–H groups in total. The number of sulfonamides is 1. The average Bonchev–Trinajstić information content (AvgIpc) is 2.85. The Morgan fingerprint density at radius 3 is 2.03 bits per heavy atom. The Labute approximate surface area is 213 Å². The van der Waals surface area contributed by atoms with Crippen LogP contribution in [0, 0.1) is 13.8 Å². The van der Waals surface area contributed by atoms with Gasteiger partial charge in [0.1, 0.15) is 12.6 Å². The molecule has 0 fully saturated rings. The standard InChI is InChI=1S/C28H33N3O4S/c1-21-12-8-10-16-24(21)19-30(26(28(33)29-3)18-23-14-6-5-7-15-23)27(32)20-31(36(4,34)35)25-17-11-9-13-22(25)2/h5-17,26H,18-20H2,1-4H3,(H,29,33). The monoisotopic (exact) mass is 507 g/mol. The van der Waals surface area contributed by atoms with Crippen LogP contribution in [0.15, 0.2) is 78.9 Å². The van der Waals surface area contributed by atoms with E-state index in [4.69, 9.17) is 0 Å². The van der Waals surface area contributed by atoms with E-state index in [0.717, 1.165) is 32.8 Å². The van der Waals surface area contributed by atoms with Gasteiger partial charge < -0.3 is 10.2 Å². The lowest BCUT2D eigenvalue weighted by Crippen LogP contribution is -2.53. The van der Waals surface area contributed by atoms with Gasteiger partial charge in [-0.1, -0.05) is 72.8 Å². The maximum absolute atomic E-state index is 13.9. The molecular formula is C28H33N3O4S. The number of nitrogens with one attached hydrogen (secondary N) is 1. The number of benzene rings is 3. The number of carbonyl (C=O) groups is 2. The first kappa shape index (κ1) is 26.9. The van der Waals surface area contributed by atoms with Crippen LogP contribution in [0.25, 0.3) is 0 Å². The second kappa shape index (κ2) is 11.9. The van der Waals surface area contributed by atoms with Crippen LogP contribution in [0.4, 0.5) is 5.69 Å². The maximum Gasteiger partial charge on any atom is 0.244 e. The highest BCUT2D eigenvalue weighted by molar-refractivity contribution is 7.92. The molecule has 0 bridgehead atoms. The molecule has 7 nitrogen and oxygen atoms in total. The van der Waals surface area contributed by atoms with Crippen LogP contribution < -0.4 is 9.62 Å². The van der Waals surface area contributed by atoms with E-state index in [2.05, 4.69) is 5.32 Å². The van der Waals surface area contributed by atoms with Gasteiger partial charge in [-0.05, 0) is 42.2 Å². The minimum Gasteiger partial charge on any atom is -0.357 e. The maximum atomic E-state index is 13.9. The van der Waals surface area contributed by atoms with Crippen LogP contribution in [0.1, 0.15) is 22.3 Å². The van der Waals surface area contributed by atoms with Crippen LogP contribution in [0.3, 0.4) is 0 Å². The zero-order valence-electron chi connectivity index (χ0n) is 21.1. The molecule has 0 aliphatic rings. The topological polar surface area (TPSA) is 86.8 Å². The Morgan fingerprint density at radius 1 is 0.861 bits per heavy atom. The molecule has 3 rings (SSSR count). The zero-order valence-corrected chi connectivity index (χ0v) is 22.0. The Morgan fingerprint density at radius 2 is 1.44 bits per heavy atom. The summed E-state index contributed by atoms with van der Waals surface area (Å²) in [7, 11) is -2.24. The Balaban J connectivity index is 2.05. The number of para-hydroxylation sites is 1. The van der Waals surface area contributed by atoms with Gasteiger partial charge >= 0.3 is 0 Å². The molecule has 0 saturated heterocycles. The van der Waals surface area contributed by atoms with E-state index >= 15 is 0 Å². The van der Waals surface area contributed by atoms with E-state index in [-0.39, 0.29) is 12.5 Å². The lowest BCUT2D eigenvalue weighted by Gasteiger charge is -2.33. The summed E-state index contributed by atoms with van der Waals surface area (Å²) in [4.78, 5) is 28.5. The summed E-state index contributed by atoms with van der Waals surface area (Å²) >= 11 is 0. The summed E-state index contributed by atoms with van der Waals surface area (Å²) in [6, 6.07) is 23.3. The summed E-state index contributed by atoms with van der Waals surface area (Å²) in [5.74, 6) is -0.779. The molecule has 0 spiro atoms. The second-order valence-corrected chi connectivity index (χ2v) is 10.7. The van der Waals surface area contributed by atoms with Gasteiger partial charge in [-0.25, -0.2) is 8.42 Å². The molecular weight excluding hydrogens is 474 g/mol. The number of likely N-dealkylation sites (N-methyl/N-ethyl adjacent to an activating group) is 1. The molecule has 36 heavy (non-hydrogen) atoms. The van der Waals surface area contributed by atoms with Gasteiger partial charge in [-0.15, -0.1) is 0 Å². The molecule has 0 aromatic heterocycles. The largest absolute Gasteiger partial charge is 0.357 e. The molecule has 3 aromatic carbocycles. The summed E-state index contributed by atoms with van der Waals surface area (Å²) < 4.78 is 26.7. The summed E-state index contributed by atoms with van der Waals surface area (Å²) in [6.07, 6.45) is 1.37. The summed E-state index contributed by atoms with van der Waals surface area (Å²) in [5, 5.41) is 2.68. The number of amides is 2. The van der Waals surface area contributed by atoms with Crippen LogP contribution in [0.2, 0.25) is 0 Å². The van der Waals surface area contributed by atoms with Gasteiger partial charge in [0.15, 0.2) is 0 Å². The number of anilines is 1. The first-order valence-electron chi connectivity index (χ1n) is 11.7. The quantitative estimate of drug-likeness (QED) is 0.455. The smallest absolute Gasteiger partial charge is 0.244 e. The molecule has 8 heteroatoms. The molecule has 0 aliphatic heterocycles. The SMILES string of the molecule is CNC(=O)C(Cc1ccccc1)N(Cc1ccccc1C)C(=O)CN(c1ccccc1C)S(C)(=O)=O. The van der Waals surface area contributed by atoms with Gasteiger partial charge in [0, 0.05) is 20.0 Å². The van der Waals surface area contributed by atoms with Crippen molar-refractivity contribution in [2.24, 2.45) is 0 Å². The Hall–Kier alpha value is -3.65. The van der Waals surface area contributed by atoms with Crippen molar-refractivity contribution in [3.63, 3.8) is 0 Å². The molecule has 1 atom stereocenters. The molecule has 0 aliphatic carbocycles. The molecule has 0 heterocycles. The summed E-state index contributed by atoms with van der Waals surface area (Å²) in [6.45, 7) is 3.49. The highest BCUT2D eigenvalue weighted by Gasteiger charge is 2.33. The Kier molecular flexibility index (Phi) is 8.88. The van der Waals surface area contributed by atoms with E-state index in [1.165, 1.54) is 11.9 Å². The number of hydrogen-bond acceptors (Lipinski definition) is 4. The highest BCUT2D eigenvalue weighted by atomic mass is 32.2. The van der Waals surface area contributed by atoms with Gasteiger partial charge in [-0.2, -0.15) is 0 Å². The van der Waals surface area contributed by atoms with Crippen molar-refractivity contribution >= 4 is 27.5 Å². The normalized spacial score (nSPS) is 12.0. The van der Waals surface area contributed by atoms with Crippen molar-refractivity contribution < 1.29 is 18.0 Å². The van der Waals surface area contributed by atoms with Gasteiger partial charge in [0.05, 0.1) is 11.9 Å². The lowest BCUT2D eigenvalue weighted by molar-refractivity contribution is -0.139. The van der Waals surface area contributed by atoms with Crippen molar-refractivity contribution in [1.29, 1.82) is 0 Å². The van der Waals surface area contributed by atoms with Crippen LogP contribution in [0.5, 0.6) is 0 Å². The lowest BCUT2D eigenvalue weighted by atomic mass is 10.0. The van der Waals surface area contributed by atoms with Crippen LogP contribution >= 0.6 is 0 Å². The minimum absolute atomic E-state index is 0.168. The third-order valence-corrected chi connectivity index (χ3v) is 7.31. The zero-order chi connectivity index (χ0) is 26.3. The average molecular weight is 508 g/mol. The van der Waals surface area contributed by atoms with Crippen molar-refractivity contribution in [3.8, 4) is 0 Å². The van der Waals surface area contributed by atoms with E-state index in [0.29, 0.717) is 12.1 Å². The van der Waals surface area contributed by atoms with E-state index in [9.17, 15) is 18.0 Å². The Bertz CT molecular complexity index is 1310. The minimum atomic E-state index is -3.78. The van der Waals surface area contributed by atoms with Gasteiger partial charge in [0.2, 0.25) is 21.8 Å². The van der Waals surface area contributed by atoms with Crippen LogP contribution in [-0.4, -0.2) is 51.0 Å². The number of hydrogen-bond donors (Lipinski definition) is 1. The molecule has 2 amide bonds. The third-order valence-electron chi connectivity index (χ3n) is 6.18. The first-order chi connectivity index (χ1) is 17.1. The third kappa shape index (κ3) is 6.73. The fourth-order valence-corrected chi connectivity index (χ4v) is 5.04. The van der Waals surface area contributed by atoms with E-state index in [1.807, 2.05) is 67.6 Å². The number of aryl methyl sites for hydroxylation is 2. The molecule has 0 saturated carbocycles. The predicted molar refractivity (Wildman–Crippen MR) is 143 cm³/mol. The molecule has 0 radical (unpaired) electrons. The first-order valence-corrected chi connectivity index (χ1v) is 13.6. The van der Waals surface area contributed by atoms with Crippen molar-refractivity contribution in [3.05, 3.63) is 101 Å². The highest BCUT2D eigenvalue weighted by Crippen LogP contribution is 2.23. The number of nitrogens with zero attached hydrogens (tertiary/aromatic N) is 2. The van der Waals surface area contributed by atoms with Gasteiger partial charge in [-0.3, -0.25) is 13.9 Å². The second-order valence-electron chi connectivity index (χ2n) is 8.82. The fraction of sp³-hybridized carbons (Fsp3) is 0.286. The van der Waals surface area contributed by atoms with Crippen molar-refractivity contribution in [2.45, 2.75) is 32.9 Å². The summed E-state index contributed by atoms with van der Waals surface area (Å²) in [5.41, 5.74) is 3.92.